The molecule has 1 saturated carbocycles. The zero-order chi connectivity index (χ0) is 24.9. The Morgan fingerprint density at radius 1 is 1.00 bits per heavy atom. The smallest absolute Gasteiger partial charge is 0.284 e. The fraction of sp³-hybridized carbons (Fsp3) is 0.483. The highest BCUT2D eigenvalue weighted by Gasteiger charge is 2.32. The van der Waals surface area contributed by atoms with Gasteiger partial charge in [-0.3, -0.25) is 9.00 Å². The number of anilines is 1. The summed E-state index contributed by atoms with van der Waals surface area (Å²) in [6, 6.07) is 11.8. The van der Waals surface area contributed by atoms with Gasteiger partial charge in [-0.15, -0.1) is 0 Å². The van der Waals surface area contributed by atoms with Crippen molar-refractivity contribution in [1.29, 1.82) is 0 Å². The number of benzene rings is 2. The Bertz CT molecular complexity index is 1220. The van der Waals surface area contributed by atoms with Crippen molar-refractivity contribution in [2.24, 2.45) is 16.2 Å². The lowest BCUT2D eigenvalue weighted by atomic mass is 9.71. The molecule has 2 aromatic carbocycles. The van der Waals surface area contributed by atoms with Crippen molar-refractivity contribution in [1.82, 2.24) is 0 Å². The van der Waals surface area contributed by atoms with E-state index in [1.165, 1.54) is 24.0 Å². The molecular formula is C29H35ClN2O3S. The predicted molar refractivity (Wildman–Crippen MR) is 148 cm³/mol. The monoisotopic (exact) mass is 526 g/mol. The van der Waals surface area contributed by atoms with E-state index in [0.717, 1.165) is 68.1 Å². The number of amides is 1. The average Bonchev–Trinajstić information content (AvgIpc) is 2.88. The summed E-state index contributed by atoms with van der Waals surface area (Å²) in [5.74, 6) is 2.08. The molecule has 0 aromatic heterocycles. The van der Waals surface area contributed by atoms with Crippen molar-refractivity contribution in [3.8, 4) is 5.75 Å². The maximum absolute atomic E-state index is 13.0. The van der Waals surface area contributed by atoms with Crippen LogP contribution in [0.3, 0.4) is 0 Å². The Balaban J connectivity index is 1.58. The predicted octanol–water partition coefficient (Wildman–Crippen LogP) is 6.63. The van der Waals surface area contributed by atoms with Gasteiger partial charge in [0.1, 0.15) is 5.75 Å². The van der Waals surface area contributed by atoms with Crippen molar-refractivity contribution in [2.75, 3.05) is 23.8 Å². The number of thiol groups is 1. The summed E-state index contributed by atoms with van der Waals surface area (Å²) < 4.78 is 22.8. The Kier molecular flexibility index (Phi) is 8.32. The molecule has 0 saturated heterocycles. The maximum atomic E-state index is 13.0. The molecule has 3 aliphatic rings. The molecule has 1 aliphatic carbocycles. The lowest BCUT2D eigenvalue weighted by Crippen LogP contribution is -2.38. The van der Waals surface area contributed by atoms with Crippen molar-refractivity contribution in [3.63, 3.8) is 0 Å². The summed E-state index contributed by atoms with van der Waals surface area (Å²) in [6.07, 6.45) is 12.6. The third-order valence-electron chi connectivity index (χ3n) is 7.73. The van der Waals surface area contributed by atoms with E-state index < -0.39 is 16.5 Å². The number of allylic oxidation sites excluding steroid dienone is 2. The van der Waals surface area contributed by atoms with E-state index in [2.05, 4.69) is 33.5 Å². The summed E-state index contributed by atoms with van der Waals surface area (Å²) in [6.45, 7) is 2.25. The molecule has 1 unspecified atom stereocenters. The average molecular weight is 527 g/mol. The molecule has 2 heterocycles. The fourth-order valence-corrected chi connectivity index (χ4v) is 6.53. The highest BCUT2D eigenvalue weighted by molar-refractivity contribution is 7.75. The van der Waals surface area contributed by atoms with Crippen molar-refractivity contribution < 1.29 is 13.7 Å². The molecule has 2 aliphatic heterocycles. The number of rotatable bonds is 0. The number of carbonyl (C=O) groups is 1. The highest BCUT2D eigenvalue weighted by Crippen LogP contribution is 2.41. The van der Waals surface area contributed by atoms with Crippen LogP contribution in [0.25, 0.3) is 0 Å². The second-order valence-electron chi connectivity index (χ2n) is 10.2. The van der Waals surface area contributed by atoms with Gasteiger partial charge in [0.25, 0.3) is 5.91 Å². The van der Waals surface area contributed by atoms with Crippen LogP contribution in [0.2, 0.25) is 5.02 Å². The summed E-state index contributed by atoms with van der Waals surface area (Å²) in [5.41, 5.74) is 3.93. The van der Waals surface area contributed by atoms with Crippen LogP contribution in [0.4, 0.5) is 5.69 Å². The minimum absolute atomic E-state index is 0.412. The number of fused-ring (bicyclic) bond motifs is 3. The number of ether oxygens (including phenoxy) is 1. The van der Waals surface area contributed by atoms with Crippen molar-refractivity contribution in [2.45, 2.75) is 57.9 Å². The summed E-state index contributed by atoms with van der Waals surface area (Å²) in [7, 11) is -1.91. The lowest BCUT2D eigenvalue weighted by Gasteiger charge is -2.41. The number of aryl methyl sites for hydroxylation is 1. The molecular weight excluding hydrogens is 492 g/mol. The molecule has 7 heteroatoms. The summed E-state index contributed by atoms with van der Waals surface area (Å²) >= 11 is 6.37. The molecule has 0 spiro atoms. The summed E-state index contributed by atoms with van der Waals surface area (Å²) in [5, 5.41) is 0.766. The quantitative estimate of drug-likeness (QED) is 0.309. The second kappa shape index (κ2) is 11.8. The van der Waals surface area contributed by atoms with E-state index in [1.54, 1.807) is 6.07 Å². The van der Waals surface area contributed by atoms with Crippen molar-refractivity contribution in [3.05, 3.63) is 70.3 Å². The second-order valence-corrected chi connectivity index (χ2v) is 12.0. The van der Waals surface area contributed by atoms with E-state index in [9.17, 15) is 9.00 Å². The molecule has 1 fully saturated rings. The zero-order valence-corrected chi connectivity index (χ0v) is 22.4. The first-order chi connectivity index (χ1) is 17.6. The van der Waals surface area contributed by atoms with Gasteiger partial charge in [0.05, 0.1) is 12.3 Å². The Morgan fingerprint density at radius 2 is 1.89 bits per heavy atom. The fourth-order valence-electron chi connectivity index (χ4n) is 5.47. The SMILES string of the molecule is O=C1/N=[SH](=O)\CCC/C=C/C[C@@H]2CC[C@H]2CN2Cc3ccc(Cl)cc3CCCCOc3ccc1cc32. The van der Waals surface area contributed by atoms with Gasteiger partial charge in [-0.05, 0) is 105 Å². The van der Waals surface area contributed by atoms with Gasteiger partial charge < -0.3 is 9.64 Å². The van der Waals surface area contributed by atoms with Crippen LogP contribution < -0.4 is 9.64 Å². The molecule has 0 N–H and O–H groups in total. The zero-order valence-electron chi connectivity index (χ0n) is 20.7. The van der Waals surface area contributed by atoms with Crippen LogP contribution in [0, 0.1) is 11.8 Å². The molecule has 1 amide bonds. The molecule has 2 bridgehead atoms. The van der Waals surface area contributed by atoms with Gasteiger partial charge in [0.15, 0.2) is 0 Å². The Hall–Kier alpha value is -2.31. The number of hydrogen-bond acceptors (Lipinski definition) is 4. The number of nitrogens with zero attached hydrogens (tertiary/aromatic N) is 2. The summed E-state index contributed by atoms with van der Waals surface area (Å²) in [4.78, 5) is 15.3. The van der Waals surface area contributed by atoms with Gasteiger partial charge in [0, 0.05) is 40.0 Å². The third kappa shape index (κ3) is 6.15. The minimum atomic E-state index is -1.91. The number of hydrogen-bond donors (Lipinski definition) is 1. The van der Waals surface area contributed by atoms with Crippen LogP contribution in [-0.4, -0.2) is 29.0 Å². The maximum Gasteiger partial charge on any atom is 0.284 e. The van der Waals surface area contributed by atoms with Gasteiger partial charge in [-0.1, -0.05) is 29.8 Å². The topological polar surface area (TPSA) is 59.0 Å². The van der Waals surface area contributed by atoms with Gasteiger partial charge in [-0.25, -0.2) is 0 Å². The van der Waals surface area contributed by atoms with E-state index in [-0.39, 0.29) is 0 Å². The Labute approximate surface area is 221 Å². The third-order valence-corrected chi connectivity index (χ3v) is 9.07. The number of halogens is 1. The van der Waals surface area contributed by atoms with Crippen LogP contribution >= 0.6 is 11.6 Å². The molecule has 36 heavy (non-hydrogen) atoms. The molecule has 5 rings (SSSR count). The van der Waals surface area contributed by atoms with Crippen LogP contribution in [0.1, 0.15) is 66.4 Å². The number of carbonyl (C=O) groups excluding carboxylic acids is 1. The first-order valence-corrected chi connectivity index (χ1v) is 15.0. The molecule has 0 radical (unpaired) electrons. The van der Waals surface area contributed by atoms with Crippen LogP contribution in [0.5, 0.6) is 5.75 Å². The van der Waals surface area contributed by atoms with E-state index in [4.69, 9.17) is 16.3 Å². The Morgan fingerprint density at radius 3 is 2.75 bits per heavy atom. The van der Waals surface area contributed by atoms with Crippen LogP contribution in [0.15, 0.2) is 52.9 Å². The van der Waals surface area contributed by atoms with Gasteiger partial charge >= 0.3 is 0 Å². The standard InChI is InChI=1S/C29H35ClN2O3S/c30-26-13-11-25-20-32-19-24-10-9-21(24)7-3-1-2-6-16-36(34)31-29(33)23-12-14-28(27(32)18-23)35-15-5-4-8-22(25)17-26/h1,3,11-14,17-18,21,24,36H,2,4-10,15-16,19-20H2/b3-1+/t21-,24+/m1/s1. The molecule has 192 valence electrons. The molecule has 3 atom stereocenters. The minimum Gasteiger partial charge on any atom is -0.491 e. The normalized spacial score (nSPS) is 26.6. The van der Waals surface area contributed by atoms with E-state index in [1.807, 2.05) is 18.2 Å². The van der Waals surface area contributed by atoms with E-state index >= 15 is 0 Å². The van der Waals surface area contributed by atoms with Crippen molar-refractivity contribution >= 4 is 33.8 Å². The van der Waals surface area contributed by atoms with E-state index in [0.29, 0.717) is 29.8 Å². The first kappa shape index (κ1) is 25.3. The lowest BCUT2D eigenvalue weighted by molar-refractivity contribution is 0.100. The van der Waals surface area contributed by atoms with Gasteiger partial charge in [-0.2, -0.15) is 4.36 Å². The highest BCUT2D eigenvalue weighted by atomic mass is 35.5. The van der Waals surface area contributed by atoms with Gasteiger partial charge in [0.2, 0.25) is 0 Å². The molecule has 5 nitrogen and oxygen atoms in total. The first-order valence-electron chi connectivity index (χ1n) is 13.2. The van der Waals surface area contributed by atoms with Crippen LogP contribution in [-0.2, 0) is 23.6 Å². The molecule has 2 aromatic rings. The largest absolute Gasteiger partial charge is 0.491 e.